The summed E-state index contributed by atoms with van der Waals surface area (Å²) in [5.41, 5.74) is 7.01. The number of nitrogens with one attached hydrogen (secondary N) is 1. The number of nitrogen functional groups attached to an aromatic ring is 1. The van der Waals surface area contributed by atoms with Gasteiger partial charge in [0.15, 0.2) is 5.82 Å². The molecule has 7 nitrogen and oxygen atoms in total. The van der Waals surface area contributed by atoms with Gasteiger partial charge in [0.2, 0.25) is 0 Å². The smallest absolute Gasteiger partial charge is 0.274 e. The van der Waals surface area contributed by atoms with Crippen LogP contribution in [0.25, 0.3) is 17.2 Å². The lowest BCUT2D eigenvalue weighted by molar-refractivity contribution is 0.542. The first-order valence-corrected chi connectivity index (χ1v) is 6.58. The second-order valence-electron chi connectivity index (χ2n) is 5.93. The van der Waals surface area contributed by atoms with Gasteiger partial charge in [-0.3, -0.25) is 9.78 Å². The third-order valence-electron chi connectivity index (χ3n) is 3.16. The van der Waals surface area contributed by atoms with E-state index in [4.69, 9.17) is 5.73 Å². The second kappa shape index (κ2) is 4.41. The van der Waals surface area contributed by atoms with Crippen LogP contribution >= 0.6 is 0 Å². The van der Waals surface area contributed by atoms with E-state index in [1.54, 1.807) is 16.6 Å². The van der Waals surface area contributed by atoms with E-state index in [0.29, 0.717) is 23.0 Å². The van der Waals surface area contributed by atoms with Gasteiger partial charge in [-0.15, -0.1) is 10.2 Å². The van der Waals surface area contributed by atoms with E-state index >= 15 is 0 Å². The van der Waals surface area contributed by atoms with Crippen LogP contribution in [0.4, 0.5) is 5.69 Å². The van der Waals surface area contributed by atoms with Gasteiger partial charge in [0.25, 0.3) is 11.3 Å². The molecule has 0 aliphatic carbocycles. The van der Waals surface area contributed by atoms with Gasteiger partial charge in [-0.05, 0) is 24.3 Å². The highest BCUT2D eigenvalue weighted by atomic mass is 16.1. The highest BCUT2D eigenvalue weighted by Crippen LogP contribution is 2.20. The van der Waals surface area contributed by atoms with E-state index in [9.17, 15) is 4.79 Å². The van der Waals surface area contributed by atoms with Crippen molar-refractivity contribution >= 4 is 11.5 Å². The number of aromatic amines is 1. The number of hydrogen-bond donors (Lipinski definition) is 2. The molecule has 3 rings (SSSR count). The van der Waals surface area contributed by atoms with Gasteiger partial charge in [-0.1, -0.05) is 20.8 Å². The van der Waals surface area contributed by atoms with Crippen molar-refractivity contribution in [1.82, 2.24) is 24.8 Å². The zero-order chi connectivity index (χ0) is 15.2. The zero-order valence-corrected chi connectivity index (χ0v) is 12.1. The van der Waals surface area contributed by atoms with E-state index < -0.39 is 0 Å². The van der Waals surface area contributed by atoms with Crippen LogP contribution in [0, 0.1) is 0 Å². The Labute approximate surface area is 120 Å². The van der Waals surface area contributed by atoms with Gasteiger partial charge in [0.05, 0.1) is 0 Å². The lowest BCUT2D eigenvalue weighted by atomic mass is 9.93. The number of hydrogen-bond acceptors (Lipinski definition) is 5. The Kier molecular flexibility index (Phi) is 2.79. The van der Waals surface area contributed by atoms with Gasteiger partial charge in [0.1, 0.15) is 5.69 Å². The van der Waals surface area contributed by atoms with Crippen molar-refractivity contribution in [1.29, 1.82) is 0 Å². The number of fused-ring (bicyclic) bond motifs is 1. The van der Waals surface area contributed by atoms with Crippen molar-refractivity contribution in [3.05, 3.63) is 40.3 Å². The molecule has 2 heterocycles. The van der Waals surface area contributed by atoms with Crippen molar-refractivity contribution in [2.24, 2.45) is 0 Å². The lowest BCUT2D eigenvalue weighted by Crippen LogP contribution is -2.28. The molecule has 0 saturated carbocycles. The predicted molar refractivity (Wildman–Crippen MR) is 80.0 cm³/mol. The number of aromatic nitrogens is 5. The number of nitrogens with two attached hydrogens (primary N) is 1. The Morgan fingerprint density at radius 1 is 1.14 bits per heavy atom. The van der Waals surface area contributed by atoms with E-state index in [2.05, 4.69) is 20.3 Å². The van der Waals surface area contributed by atoms with Crippen LogP contribution in [0.2, 0.25) is 0 Å². The molecule has 108 valence electrons. The molecule has 0 saturated heterocycles. The van der Waals surface area contributed by atoms with Crippen LogP contribution in [0.5, 0.6) is 0 Å². The maximum atomic E-state index is 12.1. The maximum Gasteiger partial charge on any atom is 0.274 e. The summed E-state index contributed by atoms with van der Waals surface area (Å²) in [5, 5.41) is 12.5. The second-order valence-corrected chi connectivity index (χ2v) is 5.93. The minimum Gasteiger partial charge on any atom is -0.399 e. The highest BCUT2D eigenvalue weighted by Gasteiger charge is 2.22. The Morgan fingerprint density at radius 2 is 1.81 bits per heavy atom. The molecule has 0 fully saturated rings. The summed E-state index contributed by atoms with van der Waals surface area (Å²) in [7, 11) is 0. The largest absolute Gasteiger partial charge is 0.399 e. The van der Waals surface area contributed by atoms with Crippen LogP contribution in [-0.4, -0.2) is 24.8 Å². The summed E-state index contributed by atoms with van der Waals surface area (Å²) in [5.74, 6) is 0.881. The number of benzene rings is 1. The standard InChI is InChI=1S/C14H16N6O/c1-14(2,3)10-12(21)16-13-18-17-11(20(13)19-10)8-4-6-9(15)7-5-8/h4-7H,15H2,1-3H3,(H,16,18,21). The van der Waals surface area contributed by atoms with Gasteiger partial charge in [-0.25, -0.2) is 0 Å². The van der Waals surface area contributed by atoms with Crippen LogP contribution in [0.15, 0.2) is 29.1 Å². The fourth-order valence-corrected chi connectivity index (χ4v) is 2.06. The Morgan fingerprint density at radius 3 is 2.43 bits per heavy atom. The first-order chi connectivity index (χ1) is 9.86. The summed E-state index contributed by atoms with van der Waals surface area (Å²) in [6.07, 6.45) is 0. The highest BCUT2D eigenvalue weighted by molar-refractivity contribution is 5.60. The first-order valence-electron chi connectivity index (χ1n) is 6.58. The molecule has 1 aromatic carbocycles. The van der Waals surface area contributed by atoms with Gasteiger partial charge in [0, 0.05) is 16.7 Å². The quantitative estimate of drug-likeness (QED) is 0.657. The Bertz CT molecular complexity index is 854. The average Bonchev–Trinajstić information content (AvgIpc) is 2.80. The molecule has 0 aliphatic heterocycles. The van der Waals surface area contributed by atoms with Crippen LogP contribution in [0.3, 0.4) is 0 Å². The maximum absolute atomic E-state index is 12.1. The number of nitrogens with zero attached hydrogens (tertiary/aromatic N) is 4. The predicted octanol–water partition coefficient (Wildman–Crippen LogP) is 1.36. The summed E-state index contributed by atoms with van der Waals surface area (Å²) < 4.78 is 1.55. The third kappa shape index (κ3) is 2.26. The van der Waals surface area contributed by atoms with E-state index in [1.165, 1.54) is 0 Å². The van der Waals surface area contributed by atoms with Crippen molar-refractivity contribution in [2.75, 3.05) is 5.73 Å². The van der Waals surface area contributed by atoms with Gasteiger partial charge < -0.3 is 5.73 Å². The molecule has 3 N–H and O–H groups in total. The fraction of sp³-hybridized carbons (Fsp3) is 0.286. The lowest BCUT2D eigenvalue weighted by Gasteiger charge is -2.15. The zero-order valence-electron chi connectivity index (χ0n) is 12.1. The fourth-order valence-electron chi connectivity index (χ4n) is 2.06. The molecule has 0 unspecified atom stereocenters. The summed E-state index contributed by atoms with van der Waals surface area (Å²) in [4.78, 5) is 14.8. The molecule has 0 spiro atoms. The minimum absolute atomic E-state index is 0.244. The summed E-state index contributed by atoms with van der Waals surface area (Å²) >= 11 is 0. The first kappa shape index (κ1) is 13.3. The normalized spacial score (nSPS) is 12.0. The summed E-state index contributed by atoms with van der Waals surface area (Å²) in [6, 6.07) is 7.25. The molecule has 0 amide bonds. The van der Waals surface area contributed by atoms with Crippen LogP contribution in [0.1, 0.15) is 26.5 Å². The number of anilines is 1. The van der Waals surface area contributed by atoms with Crippen molar-refractivity contribution in [2.45, 2.75) is 26.2 Å². The molecule has 7 heteroatoms. The van der Waals surface area contributed by atoms with Crippen molar-refractivity contribution < 1.29 is 0 Å². The van der Waals surface area contributed by atoms with Crippen molar-refractivity contribution in [3.8, 4) is 11.4 Å². The van der Waals surface area contributed by atoms with Crippen LogP contribution < -0.4 is 11.3 Å². The van der Waals surface area contributed by atoms with E-state index in [1.807, 2.05) is 32.9 Å². The molecular formula is C14H16N6O. The molecule has 0 radical (unpaired) electrons. The van der Waals surface area contributed by atoms with Gasteiger partial charge in [-0.2, -0.15) is 9.61 Å². The molecule has 2 aromatic heterocycles. The molecule has 0 atom stereocenters. The van der Waals surface area contributed by atoms with Crippen LogP contribution in [-0.2, 0) is 5.41 Å². The molecule has 21 heavy (non-hydrogen) atoms. The monoisotopic (exact) mass is 284 g/mol. The summed E-state index contributed by atoms with van der Waals surface area (Å²) in [6.45, 7) is 5.80. The molecule has 0 aliphatic rings. The SMILES string of the molecule is CC(C)(C)c1nn2c(-c3ccc(N)cc3)nnc2[nH]c1=O. The molecular weight excluding hydrogens is 268 g/mol. The van der Waals surface area contributed by atoms with Crippen molar-refractivity contribution in [3.63, 3.8) is 0 Å². The van der Waals surface area contributed by atoms with Gasteiger partial charge >= 0.3 is 0 Å². The van der Waals surface area contributed by atoms with E-state index in [0.717, 1.165) is 5.56 Å². The Balaban J connectivity index is 2.26. The molecule has 0 bridgehead atoms. The van der Waals surface area contributed by atoms with E-state index in [-0.39, 0.29) is 11.0 Å². The topological polar surface area (TPSA) is 102 Å². The minimum atomic E-state index is -0.371. The number of rotatable bonds is 1. The average molecular weight is 284 g/mol. The third-order valence-corrected chi connectivity index (χ3v) is 3.16. The Hall–Kier alpha value is -2.70. The molecule has 3 aromatic rings. The number of H-pyrrole nitrogens is 1.